The first-order chi connectivity index (χ1) is 15.1. The van der Waals surface area contributed by atoms with Gasteiger partial charge < -0.3 is 19.1 Å². The fourth-order valence-corrected chi connectivity index (χ4v) is 4.96. The van der Waals surface area contributed by atoms with Crippen LogP contribution >= 0.6 is 0 Å². The average Bonchev–Trinajstić information content (AvgIpc) is 3.11. The predicted octanol–water partition coefficient (Wildman–Crippen LogP) is 4.39. The highest BCUT2D eigenvalue weighted by Crippen LogP contribution is 2.24. The van der Waals surface area contributed by atoms with E-state index in [1.807, 2.05) is 17.9 Å². The molecule has 1 saturated heterocycles. The minimum Gasteiger partial charge on any atom is -0.492 e. The van der Waals surface area contributed by atoms with E-state index in [-0.39, 0.29) is 5.91 Å². The topological polar surface area (TPSA) is 58.8 Å². The Hall–Kier alpha value is -2.34. The fraction of sp³-hybridized carbons (Fsp3) is 0.600. The summed E-state index contributed by atoms with van der Waals surface area (Å²) in [7, 11) is 0. The largest absolute Gasteiger partial charge is 0.492 e. The van der Waals surface area contributed by atoms with E-state index >= 15 is 0 Å². The zero-order valence-corrected chi connectivity index (χ0v) is 18.9. The third-order valence-electron chi connectivity index (χ3n) is 6.70. The standard InChI is InChI=1S/C25H35N3O3/c1-19-24(20(2)31-26-19)25(29)28-15-6-5-14-27-13-4-3-9-22(27)12-11-21-8-7-10-23(18-21)30-17-16-28/h7-8,10,18,22H,3-6,9,11-17H2,1-2H3. The van der Waals surface area contributed by atoms with E-state index in [0.29, 0.717) is 36.2 Å². The number of hydrogen-bond acceptors (Lipinski definition) is 5. The normalized spacial score (nSPS) is 21.5. The van der Waals surface area contributed by atoms with Gasteiger partial charge in [0.1, 0.15) is 23.7 Å². The van der Waals surface area contributed by atoms with E-state index in [0.717, 1.165) is 38.1 Å². The lowest BCUT2D eigenvalue weighted by Crippen LogP contribution is -2.41. The van der Waals surface area contributed by atoms with Crippen molar-refractivity contribution in [3.05, 3.63) is 46.8 Å². The minimum atomic E-state index is -0.00577. The first kappa shape index (κ1) is 21.9. The van der Waals surface area contributed by atoms with Gasteiger partial charge >= 0.3 is 0 Å². The molecular formula is C25H35N3O3. The number of ether oxygens (including phenoxy) is 1. The summed E-state index contributed by atoms with van der Waals surface area (Å²) in [5.41, 5.74) is 2.58. The smallest absolute Gasteiger partial charge is 0.259 e. The van der Waals surface area contributed by atoms with Gasteiger partial charge in [-0.25, -0.2) is 0 Å². The van der Waals surface area contributed by atoms with E-state index in [9.17, 15) is 4.79 Å². The highest BCUT2D eigenvalue weighted by molar-refractivity contribution is 5.96. The van der Waals surface area contributed by atoms with Gasteiger partial charge in [0.25, 0.3) is 5.91 Å². The number of hydrogen-bond donors (Lipinski definition) is 0. The predicted molar refractivity (Wildman–Crippen MR) is 121 cm³/mol. The van der Waals surface area contributed by atoms with Crippen molar-refractivity contribution < 1.29 is 14.1 Å². The number of piperidine rings is 1. The Labute approximate surface area is 185 Å². The summed E-state index contributed by atoms with van der Waals surface area (Å²) < 4.78 is 11.3. The maximum atomic E-state index is 13.3. The summed E-state index contributed by atoms with van der Waals surface area (Å²) in [6.07, 6.45) is 8.34. The molecule has 0 radical (unpaired) electrons. The SMILES string of the molecule is Cc1noc(C)c1C(=O)N1CCCCN2CCCCC2CCc2cccc(c2)OCC1. The molecule has 0 spiro atoms. The van der Waals surface area contributed by atoms with Crippen LogP contribution < -0.4 is 4.74 Å². The summed E-state index contributed by atoms with van der Waals surface area (Å²) >= 11 is 0. The molecule has 0 aliphatic carbocycles. The quantitative estimate of drug-likeness (QED) is 0.678. The van der Waals surface area contributed by atoms with Gasteiger partial charge in [0.05, 0.1) is 12.2 Å². The second-order valence-corrected chi connectivity index (χ2v) is 8.92. The van der Waals surface area contributed by atoms with Crippen molar-refractivity contribution in [1.29, 1.82) is 0 Å². The molecular weight excluding hydrogens is 390 g/mol. The lowest BCUT2D eigenvalue weighted by molar-refractivity contribution is 0.0719. The number of nitrogens with zero attached hydrogens (tertiary/aromatic N) is 3. The van der Waals surface area contributed by atoms with Crippen LogP contribution in [0.1, 0.15) is 65.9 Å². The summed E-state index contributed by atoms with van der Waals surface area (Å²) in [5, 5.41) is 3.97. The van der Waals surface area contributed by atoms with Crippen LogP contribution in [0.2, 0.25) is 0 Å². The molecule has 1 atom stereocenters. The van der Waals surface area contributed by atoms with Crippen LogP contribution in [0.3, 0.4) is 0 Å². The van der Waals surface area contributed by atoms with Crippen molar-refractivity contribution in [3.8, 4) is 5.75 Å². The van der Waals surface area contributed by atoms with Crippen molar-refractivity contribution in [2.75, 3.05) is 32.8 Å². The van der Waals surface area contributed by atoms with E-state index < -0.39 is 0 Å². The van der Waals surface area contributed by atoms with Crippen LogP contribution in [-0.2, 0) is 6.42 Å². The molecule has 31 heavy (non-hydrogen) atoms. The molecule has 1 unspecified atom stereocenters. The number of benzene rings is 1. The van der Waals surface area contributed by atoms with Gasteiger partial charge in [0.15, 0.2) is 0 Å². The first-order valence-electron chi connectivity index (χ1n) is 11.8. The second-order valence-electron chi connectivity index (χ2n) is 8.92. The summed E-state index contributed by atoms with van der Waals surface area (Å²) in [5.74, 6) is 1.47. The third-order valence-corrected chi connectivity index (χ3v) is 6.70. The molecule has 6 heteroatoms. The maximum Gasteiger partial charge on any atom is 0.259 e. The number of carbonyl (C=O) groups is 1. The summed E-state index contributed by atoms with van der Waals surface area (Å²) in [6, 6.07) is 9.12. The Bertz CT molecular complexity index is 859. The van der Waals surface area contributed by atoms with Crippen LogP contribution in [-0.4, -0.2) is 59.7 Å². The highest BCUT2D eigenvalue weighted by Gasteiger charge is 2.25. The van der Waals surface area contributed by atoms with Crippen LogP contribution in [0.15, 0.2) is 28.8 Å². The van der Waals surface area contributed by atoms with Gasteiger partial charge in [0.2, 0.25) is 0 Å². The molecule has 6 nitrogen and oxygen atoms in total. The Morgan fingerprint density at radius 1 is 1.03 bits per heavy atom. The van der Waals surface area contributed by atoms with Crippen molar-refractivity contribution in [2.45, 2.75) is 64.8 Å². The lowest BCUT2D eigenvalue weighted by atomic mass is 9.95. The van der Waals surface area contributed by atoms with E-state index in [1.165, 1.54) is 37.8 Å². The van der Waals surface area contributed by atoms with Gasteiger partial charge in [-0.1, -0.05) is 23.7 Å². The van der Waals surface area contributed by atoms with E-state index in [2.05, 4.69) is 28.3 Å². The number of fused-ring (bicyclic) bond motifs is 3. The molecule has 0 N–H and O–H groups in total. The molecule has 1 aromatic carbocycles. The Balaban J connectivity index is 1.50. The molecule has 168 valence electrons. The first-order valence-corrected chi connectivity index (χ1v) is 11.8. The van der Waals surface area contributed by atoms with Crippen molar-refractivity contribution in [3.63, 3.8) is 0 Å². The Morgan fingerprint density at radius 2 is 1.84 bits per heavy atom. The molecule has 1 fully saturated rings. The van der Waals surface area contributed by atoms with Crippen LogP contribution in [0.5, 0.6) is 5.75 Å². The molecule has 4 rings (SSSR count). The molecule has 2 bridgehead atoms. The Morgan fingerprint density at radius 3 is 2.65 bits per heavy atom. The van der Waals surface area contributed by atoms with Gasteiger partial charge in [-0.2, -0.15) is 0 Å². The number of amides is 1. The average molecular weight is 426 g/mol. The van der Waals surface area contributed by atoms with Gasteiger partial charge in [-0.15, -0.1) is 0 Å². The molecule has 1 amide bonds. The lowest BCUT2D eigenvalue weighted by Gasteiger charge is -2.36. The van der Waals surface area contributed by atoms with E-state index in [1.54, 1.807) is 6.92 Å². The summed E-state index contributed by atoms with van der Waals surface area (Å²) in [4.78, 5) is 17.9. The van der Waals surface area contributed by atoms with Crippen molar-refractivity contribution in [2.24, 2.45) is 0 Å². The van der Waals surface area contributed by atoms with Crippen LogP contribution in [0.25, 0.3) is 0 Å². The molecule has 2 aliphatic rings. The number of aryl methyl sites for hydroxylation is 3. The van der Waals surface area contributed by atoms with Crippen molar-refractivity contribution in [1.82, 2.24) is 15.0 Å². The van der Waals surface area contributed by atoms with Gasteiger partial charge in [0, 0.05) is 12.6 Å². The summed E-state index contributed by atoms with van der Waals surface area (Å²) in [6.45, 7) is 7.72. The monoisotopic (exact) mass is 425 g/mol. The number of aromatic nitrogens is 1. The maximum absolute atomic E-state index is 13.3. The molecule has 1 aromatic heterocycles. The molecule has 3 heterocycles. The van der Waals surface area contributed by atoms with E-state index in [4.69, 9.17) is 9.26 Å². The van der Waals surface area contributed by atoms with Crippen LogP contribution in [0.4, 0.5) is 0 Å². The zero-order valence-electron chi connectivity index (χ0n) is 18.9. The molecule has 0 saturated carbocycles. The van der Waals surface area contributed by atoms with Gasteiger partial charge in [-0.3, -0.25) is 4.79 Å². The number of rotatable bonds is 1. The number of carbonyl (C=O) groups excluding carboxylic acids is 1. The highest BCUT2D eigenvalue weighted by atomic mass is 16.5. The fourth-order valence-electron chi connectivity index (χ4n) is 4.96. The zero-order chi connectivity index (χ0) is 21.6. The second kappa shape index (κ2) is 10.3. The molecule has 2 aromatic rings. The third kappa shape index (κ3) is 5.48. The van der Waals surface area contributed by atoms with Crippen molar-refractivity contribution >= 4 is 5.91 Å². The molecule has 2 aliphatic heterocycles. The van der Waals surface area contributed by atoms with Crippen LogP contribution in [0, 0.1) is 13.8 Å². The minimum absolute atomic E-state index is 0.00577. The Kier molecular flexibility index (Phi) is 7.28. The van der Waals surface area contributed by atoms with Gasteiger partial charge in [-0.05, 0) is 83.2 Å².